The van der Waals surface area contributed by atoms with Crippen LogP contribution in [0, 0.1) is 0 Å². The molecule has 0 aliphatic carbocycles. The summed E-state index contributed by atoms with van der Waals surface area (Å²) in [6.45, 7) is 6.80. The van der Waals surface area contributed by atoms with Crippen LogP contribution < -0.4 is 24.7 Å². The van der Waals surface area contributed by atoms with Crippen LogP contribution in [0.15, 0.2) is 127 Å². The standard InChI is InChI=1S/C35H33NO2Si/c1-39(2)34-22-30(37-25-28-14-8-4-9-15-28)18-20-32(34)36(24-27-12-6-3-7-13-27)33-21-19-31(23-35(33)39)38-26-29-16-10-5-11-17-29/h3-23H,24-26H2,1-2H3. The zero-order chi connectivity index (χ0) is 26.7. The minimum absolute atomic E-state index is 0.559. The van der Waals surface area contributed by atoms with Crippen molar-refractivity contribution in [3.8, 4) is 11.5 Å². The lowest BCUT2D eigenvalue weighted by Crippen LogP contribution is -2.59. The summed E-state index contributed by atoms with van der Waals surface area (Å²) >= 11 is 0. The van der Waals surface area contributed by atoms with Crippen LogP contribution in [0.4, 0.5) is 11.4 Å². The lowest BCUT2D eigenvalue weighted by Gasteiger charge is -2.41. The van der Waals surface area contributed by atoms with Gasteiger partial charge in [0.2, 0.25) is 0 Å². The molecule has 6 rings (SSSR count). The third-order valence-corrected chi connectivity index (χ3v) is 11.0. The first-order valence-electron chi connectivity index (χ1n) is 13.5. The summed E-state index contributed by atoms with van der Waals surface area (Å²) in [7, 11) is -2.07. The van der Waals surface area contributed by atoms with E-state index in [-0.39, 0.29) is 0 Å². The van der Waals surface area contributed by atoms with Crippen molar-refractivity contribution in [3.63, 3.8) is 0 Å². The number of ether oxygens (including phenoxy) is 2. The van der Waals surface area contributed by atoms with Gasteiger partial charge >= 0.3 is 0 Å². The zero-order valence-corrected chi connectivity index (χ0v) is 23.5. The van der Waals surface area contributed by atoms with Gasteiger partial charge in [0.15, 0.2) is 0 Å². The SMILES string of the molecule is C[Si]1(C)c2cc(OCc3ccccc3)ccc2N(Cc2ccccc2)c2ccc(OCc3ccccc3)cc21. The molecule has 5 aromatic rings. The fraction of sp³-hybridized carbons (Fsp3) is 0.143. The summed E-state index contributed by atoms with van der Waals surface area (Å²) in [5.74, 6) is 1.83. The molecule has 1 heterocycles. The summed E-state index contributed by atoms with van der Waals surface area (Å²) in [6.07, 6.45) is 0. The van der Waals surface area contributed by atoms with E-state index in [2.05, 4.69) is 133 Å². The number of hydrogen-bond acceptors (Lipinski definition) is 3. The van der Waals surface area contributed by atoms with Crippen molar-refractivity contribution in [3.05, 3.63) is 144 Å². The fourth-order valence-corrected chi connectivity index (χ4v) is 8.39. The van der Waals surface area contributed by atoms with E-state index in [9.17, 15) is 0 Å². The van der Waals surface area contributed by atoms with Gasteiger partial charge in [0.1, 0.15) is 32.8 Å². The van der Waals surface area contributed by atoms with E-state index in [4.69, 9.17) is 9.47 Å². The molecule has 0 atom stereocenters. The molecule has 194 valence electrons. The molecule has 4 heteroatoms. The van der Waals surface area contributed by atoms with E-state index in [1.54, 1.807) is 0 Å². The predicted octanol–water partition coefficient (Wildman–Crippen LogP) is 7.32. The quantitative estimate of drug-likeness (QED) is 0.197. The first kappa shape index (κ1) is 25.0. The summed E-state index contributed by atoms with van der Waals surface area (Å²) in [5.41, 5.74) is 6.16. The third-order valence-electron chi connectivity index (χ3n) is 7.54. The number of hydrogen-bond donors (Lipinski definition) is 0. The van der Waals surface area contributed by atoms with Crippen molar-refractivity contribution >= 4 is 29.8 Å². The Bertz CT molecular complexity index is 1460. The Morgan fingerprint density at radius 3 is 1.36 bits per heavy atom. The predicted molar refractivity (Wildman–Crippen MR) is 163 cm³/mol. The van der Waals surface area contributed by atoms with Crippen molar-refractivity contribution in [2.45, 2.75) is 32.9 Å². The highest BCUT2D eigenvalue weighted by Gasteiger charge is 2.38. The van der Waals surface area contributed by atoms with Crippen LogP contribution in [0.5, 0.6) is 11.5 Å². The lowest BCUT2D eigenvalue weighted by molar-refractivity contribution is 0.306. The molecule has 5 aromatic carbocycles. The van der Waals surface area contributed by atoms with Crippen molar-refractivity contribution in [2.75, 3.05) is 4.90 Å². The monoisotopic (exact) mass is 527 g/mol. The van der Waals surface area contributed by atoms with Gasteiger partial charge in [0.25, 0.3) is 0 Å². The fourth-order valence-electron chi connectivity index (χ4n) is 5.37. The van der Waals surface area contributed by atoms with Gasteiger partial charge in [-0.1, -0.05) is 104 Å². The molecule has 0 unspecified atom stereocenters. The molecule has 0 saturated carbocycles. The van der Waals surface area contributed by atoms with Crippen molar-refractivity contribution in [1.82, 2.24) is 0 Å². The third kappa shape index (κ3) is 5.34. The van der Waals surface area contributed by atoms with Gasteiger partial charge in [0, 0.05) is 17.9 Å². The summed E-state index contributed by atoms with van der Waals surface area (Å²) in [6, 6.07) is 44.7. The van der Waals surface area contributed by atoms with Crippen LogP contribution in [0.2, 0.25) is 13.1 Å². The van der Waals surface area contributed by atoms with Gasteiger partial charge in [-0.15, -0.1) is 0 Å². The molecule has 0 spiro atoms. The molecular formula is C35H33NO2Si. The topological polar surface area (TPSA) is 21.7 Å². The second kappa shape index (κ2) is 10.8. The highest BCUT2D eigenvalue weighted by molar-refractivity contribution is 7.02. The number of nitrogens with zero attached hydrogens (tertiary/aromatic N) is 1. The molecule has 1 aliphatic heterocycles. The highest BCUT2D eigenvalue weighted by atomic mass is 28.3. The van der Waals surface area contributed by atoms with E-state index in [1.165, 1.54) is 38.4 Å². The number of fused-ring (bicyclic) bond motifs is 2. The Labute approximate surface area is 232 Å². The van der Waals surface area contributed by atoms with Crippen LogP contribution in [0.1, 0.15) is 16.7 Å². The van der Waals surface area contributed by atoms with Gasteiger partial charge < -0.3 is 14.4 Å². The van der Waals surface area contributed by atoms with Crippen LogP contribution in [0.25, 0.3) is 0 Å². The smallest absolute Gasteiger partial charge is 0.119 e. The Morgan fingerprint density at radius 2 is 0.923 bits per heavy atom. The molecule has 1 aliphatic rings. The van der Waals surface area contributed by atoms with Crippen LogP contribution in [0.3, 0.4) is 0 Å². The van der Waals surface area contributed by atoms with Gasteiger partial charge in [-0.3, -0.25) is 0 Å². The molecule has 0 aromatic heterocycles. The van der Waals surface area contributed by atoms with Crippen molar-refractivity contribution < 1.29 is 9.47 Å². The molecule has 0 fully saturated rings. The normalized spacial score (nSPS) is 13.3. The van der Waals surface area contributed by atoms with Crippen LogP contribution >= 0.6 is 0 Å². The van der Waals surface area contributed by atoms with E-state index >= 15 is 0 Å². The Balaban J connectivity index is 1.36. The molecule has 0 radical (unpaired) electrons. The highest BCUT2D eigenvalue weighted by Crippen LogP contribution is 2.36. The van der Waals surface area contributed by atoms with E-state index in [0.717, 1.165) is 18.0 Å². The Morgan fingerprint density at radius 1 is 0.513 bits per heavy atom. The summed E-state index contributed by atoms with van der Waals surface area (Å²) in [5, 5.41) is 2.77. The van der Waals surface area contributed by atoms with Gasteiger partial charge in [-0.25, -0.2) is 0 Å². The molecule has 39 heavy (non-hydrogen) atoms. The summed E-state index contributed by atoms with van der Waals surface area (Å²) < 4.78 is 12.6. The number of anilines is 2. The first-order valence-corrected chi connectivity index (χ1v) is 16.5. The second-order valence-corrected chi connectivity index (χ2v) is 14.9. The number of rotatable bonds is 8. The second-order valence-electron chi connectivity index (χ2n) is 10.6. The molecule has 0 saturated heterocycles. The Hall–Kier alpha value is -4.28. The molecule has 0 bridgehead atoms. The largest absolute Gasteiger partial charge is 0.489 e. The maximum Gasteiger partial charge on any atom is 0.119 e. The van der Waals surface area contributed by atoms with Gasteiger partial charge in [-0.05, 0) is 63.5 Å². The van der Waals surface area contributed by atoms with Crippen LogP contribution in [-0.4, -0.2) is 8.07 Å². The zero-order valence-electron chi connectivity index (χ0n) is 22.5. The molecular weight excluding hydrogens is 494 g/mol. The van der Waals surface area contributed by atoms with Gasteiger partial charge in [0.05, 0.1) is 0 Å². The average molecular weight is 528 g/mol. The lowest BCUT2D eigenvalue weighted by atomic mass is 10.1. The van der Waals surface area contributed by atoms with E-state index in [1.807, 2.05) is 12.1 Å². The maximum atomic E-state index is 6.28. The summed E-state index contributed by atoms with van der Waals surface area (Å²) in [4.78, 5) is 2.46. The van der Waals surface area contributed by atoms with Crippen molar-refractivity contribution in [1.29, 1.82) is 0 Å². The molecule has 0 N–H and O–H groups in total. The van der Waals surface area contributed by atoms with E-state index < -0.39 is 8.07 Å². The van der Waals surface area contributed by atoms with Crippen LogP contribution in [-0.2, 0) is 19.8 Å². The minimum Gasteiger partial charge on any atom is -0.489 e. The molecule has 0 amide bonds. The van der Waals surface area contributed by atoms with E-state index in [0.29, 0.717) is 13.2 Å². The van der Waals surface area contributed by atoms with Crippen molar-refractivity contribution in [2.24, 2.45) is 0 Å². The number of benzene rings is 5. The minimum atomic E-state index is -2.07. The first-order chi connectivity index (χ1) is 19.1. The Kier molecular flexibility index (Phi) is 6.95. The maximum absolute atomic E-state index is 6.28. The average Bonchev–Trinajstić information content (AvgIpc) is 2.99. The van der Waals surface area contributed by atoms with Gasteiger partial charge in [-0.2, -0.15) is 0 Å². The molecule has 3 nitrogen and oxygen atoms in total.